The Morgan fingerprint density at radius 1 is 1.57 bits per heavy atom. The van der Waals surface area contributed by atoms with E-state index in [1.54, 1.807) is 0 Å². The van der Waals surface area contributed by atoms with Crippen LogP contribution in [0.4, 0.5) is 5.69 Å². The van der Waals surface area contributed by atoms with Crippen molar-refractivity contribution in [1.82, 2.24) is 0 Å². The highest BCUT2D eigenvalue weighted by molar-refractivity contribution is 6.17. The third kappa shape index (κ3) is 2.14. The molecule has 0 bridgehead atoms. The van der Waals surface area contributed by atoms with E-state index < -0.39 is 4.92 Å². The summed E-state index contributed by atoms with van der Waals surface area (Å²) in [6, 6.07) is 4.04. The second-order valence-corrected chi connectivity index (χ2v) is 2.31. The number of ether oxygens (including phenoxy) is 1. The van der Waals surface area contributed by atoms with Gasteiger partial charge >= 0.3 is 13.4 Å². The molecule has 1 rings (SSSR count). The van der Waals surface area contributed by atoms with Gasteiger partial charge in [-0.2, -0.15) is 0 Å². The maximum absolute atomic E-state index is 10.5. The Morgan fingerprint density at radius 3 is 2.79 bits per heavy atom. The zero-order valence-electron chi connectivity index (χ0n) is 7.34. The van der Waals surface area contributed by atoms with Crippen LogP contribution < -0.4 is 9.39 Å². The molecule has 0 aliphatic carbocycles. The fourth-order valence-electron chi connectivity index (χ4n) is 0.923. The van der Waals surface area contributed by atoms with Gasteiger partial charge in [0.15, 0.2) is 5.75 Å². The minimum atomic E-state index is -0.624. The average Bonchev–Trinajstić information content (AvgIpc) is 2.18. The van der Waals surface area contributed by atoms with E-state index in [-0.39, 0.29) is 11.4 Å². The van der Waals surface area contributed by atoms with Crippen molar-refractivity contribution in [3.63, 3.8) is 0 Å². The first-order chi connectivity index (χ1) is 6.69. The average molecular weight is 196 g/mol. The van der Waals surface area contributed by atoms with E-state index in [1.165, 1.54) is 25.3 Å². The van der Waals surface area contributed by atoms with Crippen LogP contribution in [0.2, 0.25) is 0 Å². The molecule has 0 saturated carbocycles. The number of methoxy groups -OCH3 is 1. The van der Waals surface area contributed by atoms with E-state index in [0.717, 1.165) is 0 Å². The molecule has 0 aliphatic heterocycles. The van der Waals surface area contributed by atoms with Crippen molar-refractivity contribution < 1.29 is 19.3 Å². The third-order valence-electron chi connectivity index (χ3n) is 1.54. The molecule has 0 aromatic heterocycles. The normalized spacial score (nSPS) is 9.29. The molecule has 0 unspecified atom stereocenters. The highest BCUT2D eigenvalue weighted by Crippen LogP contribution is 2.30. The van der Waals surface area contributed by atoms with Crippen molar-refractivity contribution in [2.75, 3.05) is 7.11 Å². The lowest BCUT2D eigenvalue weighted by molar-refractivity contribution is -0.385. The Kier molecular flexibility index (Phi) is 3.30. The molecule has 0 fully saturated rings. The summed E-state index contributed by atoms with van der Waals surface area (Å²) in [5.41, 5.74) is -0.269. The molecule has 73 valence electrons. The molecule has 0 atom stereocenters. The number of hydrogen-bond donors (Lipinski definition) is 1. The highest BCUT2D eigenvalue weighted by Gasteiger charge is 2.16. The van der Waals surface area contributed by atoms with Gasteiger partial charge in [0.2, 0.25) is 0 Å². The minimum absolute atomic E-state index is 0.0432. The summed E-state index contributed by atoms with van der Waals surface area (Å²) in [5, 5.41) is 18.9. The van der Waals surface area contributed by atoms with E-state index in [4.69, 9.17) is 9.76 Å². The molecule has 0 spiro atoms. The molecule has 0 amide bonds. The molecule has 7 heteroatoms. The molecule has 1 aromatic rings. The quantitative estimate of drug-likeness (QED) is 0.430. The standard InChI is InChI=1S/C7H7BNO5/c1-13-5-2-3-7(14-8-10)6(4-5)9(11)12/h2-4,10H,1H3. The second kappa shape index (κ2) is 4.47. The van der Waals surface area contributed by atoms with Crippen molar-refractivity contribution in [3.8, 4) is 11.5 Å². The van der Waals surface area contributed by atoms with Crippen molar-refractivity contribution in [3.05, 3.63) is 28.3 Å². The smallest absolute Gasteiger partial charge is 0.533 e. The van der Waals surface area contributed by atoms with Gasteiger partial charge in [0, 0.05) is 0 Å². The molecule has 6 nitrogen and oxygen atoms in total. The molecule has 0 saturated heterocycles. The van der Waals surface area contributed by atoms with Crippen molar-refractivity contribution in [1.29, 1.82) is 0 Å². The molecular formula is C7H7BNO5. The maximum atomic E-state index is 10.5. The predicted molar refractivity (Wildman–Crippen MR) is 48.2 cm³/mol. The summed E-state index contributed by atoms with van der Waals surface area (Å²) in [6.45, 7) is 0. The van der Waals surface area contributed by atoms with Gasteiger partial charge in [-0.3, -0.25) is 10.1 Å². The summed E-state index contributed by atoms with van der Waals surface area (Å²) in [5.74, 6) is 0.306. The summed E-state index contributed by atoms with van der Waals surface area (Å²) >= 11 is 0. The van der Waals surface area contributed by atoms with Gasteiger partial charge in [-0.1, -0.05) is 0 Å². The first kappa shape index (κ1) is 10.3. The van der Waals surface area contributed by atoms with E-state index in [2.05, 4.69) is 4.65 Å². The Bertz CT molecular complexity index is 343. The minimum Gasteiger partial charge on any atom is -0.533 e. The van der Waals surface area contributed by atoms with Crippen molar-refractivity contribution in [2.24, 2.45) is 0 Å². The van der Waals surface area contributed by atoms with Crippen LogP contribution in [0.5, 0.6) is 11.5 Å². The van der Waals surface area contributed by atoms with Crippen molar-refractivity contribution >= 4 is 13.4 Å². The Morgan fingerprint density at radius 2 is 2.29 bits per heavy atom. The molecule has 1 N–H and O–H groups in total. The van der Waals surface area contributed by atoms with Crippen LogP contribution in [-0.4, -0.2) is 24.7 Å². The molecule has 0 aliphatic rings. The van der Waals surface area contributed by atoms with Crippen LogP contribution in [0.25, 0.3) is 0 Å². The van der Waals surface area contributed by atoms with Gasteiger partial charge in [-0.05, 0) is 12.1 Å². The van der Waals surface area contributed by atoms with Gasteiger partial charge < -0.3 is 14.4 Å². The number of nitro benzene ring substituents is 1. The van der Waals surface area contributed by atoms with E-state index in [1.807, 2.05) is 0 Å². The maximum Gasteiger partial charge on any atom is 0.569 e. The van der Waals surface area contributed by atoms with Crippen molar-refractivity contribution in [2.45, 2.75) is 0 Å². The molecule has 0 heterocycles. The zero-order chi connectivity index (χ0) is 10.6. The lowest BCUT2D eigenvalue weighted by Gasteiger charge is -2.04. The summed E-state index contributed by atoms with van der Waals surface area (Å²) in [7, 11) is 1.78. The van der Waals surface area contributed by atoms with Crippen LogP contribution in [0.3, 0.4) is 0 Å². The molecule has 1 aromatic carbocycles. The third-order valence-corrected chi connectivity index (χ3v) is 1.54. The number of nitro groups is 1. The summed E-state index contributed by atoms with van der Waals surface area (Å²) in [4.78, 5) is 9.92. The number of nitrogens with zero attached hydrogens (tertiary/aromatic N) is 1. The first-order valence-electron chi connectivity index (χ1n) is 3.64. The number of hydrogen-bond acceptors (Lipinski definition) is 5. The Labute approximate surface area is 80.5 Å². The van der Waals surface area contributed by atoms with Crippen LogP contribution in [0.15, 0.2) is 18.2 Å². The first-order valence-corrected chi connectivity index (χ1v) is 3.64. The topological polar surface area (TPSA) is 81.8 Å². The SMILES string of the molecule is COc1ccc(O[B]O)c([N+](=O)[O-])c1. The summed E-state index contributed by atoms with van der Waals surface area (Å²) in [6.07, 6.45) is 0. The van der Waals surface area contributed by atoms with Crippen LogP contribution >= 0.6 is 0 Å². The molecule has 14 heavy (non-hydrogen) atoms. The van der Waals surface area contributed by atoms with Crippen LogP contribution in [0, 0.1) is 10.1 Å². The molecular weight excluding hydrogens is 189 g/mol. The number of benzene rings is 1. The highest BCUT2D eigenvalue weighted by atomic mass is 16.6. The van der Waals surface area contributed by atoms with Crippen LogP contribution in [0.1, 0.15) is 0 Å². The predicted octanol–water partition coefficient (Wildman–Crippen LogP) is 0.509. The zero-order valence-corrected chi connectivity index (χ0v) is 7.34. The second-order valence-electron chi connectivity index (χ2n) is 2.31. The molecule has 1 radical (unpaired) electrons. The summed E-state index contributed by atoms with van der Waals surface area (Å²) < 4.78 is 9.34. The van der Waals surface area contributed by atoms with E-state index in [9.17, 15) is 10.1 Å². The van der Waals surface area contributed by atoms with Gasteiger partial charge in [-0.25, -0.2) is 0 Å². The van der Waals surface area contributed by atoms with Gasteiger partial charge in [0.25, 0.3) is 0 Å². The Hall–Kier alpha value is -1.76. The fourth-order valence-corrected chi connectivity index (χ4v) is 0.923. The lowest BCUT2D eigenvalue weighted by atomic mass is 10.2. The van der Waals surface area contributed by atoms with Gasteiger partial charge in [-0.15, -0.1) is 0 Å². The number of rotatable bonds is 4. The van der Waals surface area contributed by atoms with E-state index >= 15 is 0 Å². The Balaban J connectivity index is 3.10. The van der Waals surface area contributed by atoms with E-state index in [0.29, 0.717) is 13.4 Å². The van der Waals surface area contributed by atoms with Gasteiger partial charge in [0.05, 0.1) is 18.1 Å². The monoisotopic (exact) mass is 196 g/mol. The fraction of sp³-hybridized carbons (Fsp3) is 0.143. The van der Waals surface area contributed by atoms with Crippen LogP contribution in [-0.2, 0) is 0 Å². The lowest BCUT2D eigenvalue weighted by Crippen LogP contribution is -2.02. The largest absolute Gasteiger partial charge is 0.569 e. The van der Waals surface area contributed by atoms with Gasteiger partial charge in [0.1, 0.15) is 5.75 Å².